The van der Waals surface area contributed by atoms with Crippen LogP contribution in [-0.4, -0.2) is 17.8 Å². The van der Waals surface area contributed by atoms with Crippen LogP contribution in [-0.2, 0) is 0 Å². The Balaban J connectivity index is 1.90. The first kappa shape index (κ1) is 18.7. The van der Waals surface area contributed by atoms with Crippen molar-refractivity contribution in [3.05, 3.63) is 89.5 Å². The van der Waals surface area contributed by atoms with E-state index in [4.69, 9.17) is 4.74 Å². The van der Waals surface area contributed by atoms with E-state index in [1.807, 2.05) is 6.07 Å². The molecule has 0 aliphatic heterocycles. The van der Waals surface area contributed by atoms with Crippen molar-refractivity contribution in [3.63, 3.8) is 0 Å². The molecule has 1 N–H and O–H groups in total. The first-order valence-electron chi connectivity index (χ1n) is 8.15. The zero-order chi connectivity index (χ0) is 20.1. The highest BCUT2D eigenvalue weighted by molar-refractivity contribution is 6.11. The number of nitrogens with one attached hydrogen (secondary N) is 1. The van der Waals surface area contributed by atoms with E-state index < -0.39 is 23.4 Å². The maximum Gasteiger partial charge on any atom is 0.256 e. The summed E-state index contributed by atoms with van der Waals surface area (Å²) in [7, 11) is 0. The van der Waals surface area contributed by atoms with Gasteiger partial charge in [-0.3, -0.25) is 4.79 Å². The van der Waals surface area contributed by atoms with Crippen LogP contribution in [0.3, 0.4) is 0 Å². The second-order valence-corrected chi connectivity index (χ2v) is 5.70. The number of carboxylic acid groups (broad SMARTS) is 2. The van der Waals surface area contributed by atoms with E-state index in [9.17, 15) is 24.6 Å². The summed E-state index contributed by atoms with van der Waals surface area (Å²) in [4.78, 5) is 34.9. The molecule has 0 fully saturated rings. The van der Waals surface area contributed by atoms with E-state index in [1.54, 1.807) is 48.5 Å². The highest BCUT2D eigenvalue weighted by Crippen LogP contribution is 2.29. The molecule has 0 atom stereocenters. The Morgan fingerprint density at radius 2 is 1.43 bits per heavy atom. The van der Waals surface area contributed by atoms with E-state index in [1.165, 1.54) is 0 Å². The van der Waals surface area contributed by atoms with Crippen LogP contribution < -0.4 is 20.3 Å². The van der Waals surface area contributed by atoms with Crippen molar-refractivity contribution in [2.75, 3.05) is 5.32 Å². The maximum atomic E-state index is 12.6. The quantitative estimate of drug-likeness (QED) is 0.697. The van der Waals surface area contributed by atoms with Gasteiger partial charge in [0.25, 0.3) is 5.91 Å². The van der Waals surface area contributed by atoms with E-state index in [2.05, 4.69) is 5.32 Å². The SMILES string of the molecule is O=C([O-])c1ccc(C(=O)Nc2ccccc2Oc2ccccc2)c(C(=O)[O-])c1. The number of anilines is 1. The van der Waals surface area contributed by atoms with Crippen molar-refractivity contribution in [2.24, 2.45) is 0 Å². The Kier molecular flexibility index (Phi) is 5.36. The molecular weight excluding hydrogens is 362 g/mol. The third-order valence-corrected chi connectivity index (χ3v) is 3.83. The van der Waals surface area contributed by atoms with Crippen LogP contribution >= 0.6 is 0 Å². The van der Waals surface area contributed by atoms with Gasteiger partial charge in [-0.2, -0.15) is 0 Å². The van der Waals surface area contributed by atoms with Gasteiger partial charge in [-0.15, -0.1) is 0 Å². The number of para-hydroxylation sites is 3. The van der Waals surface area contributed by atoms with Crippen molar-refractivity contribution in [2.45, 2.75) is 0 Å². The number of benzene rings is 3. The number of amides is 1. The van der Waals surface area contributed by atoms with E-state index in [-0.39, 0.29) is 11.1 Å². The lowest BCUT2D eigenvalue weighted by molar-refractivity contribution is -0.255. The van der Waals surface area contributed by atoms with Crippen LogP contribution in [0.4, 0.5) is 5.69 Å². The van der Waals surface area contributed by atoms with Gasteiger partial charge in [0.1, 0.15) is 5.75 Å². The summed E-state index contributed by atoms with van der Waals surface area (Å²) in [6.07, 6.45) is 0. The number of ether oxygens (including phenoxy) is 1. The molecule has 0 unspecified atom stereocenters. The number of hydrogen-bond acceptors (Lipinski definition) is 6. The monoisotopic (exact) mass is 375 g/mol. The minimum Gasteiger partial charge on any atom is -0.545 e. The van der Waals surface area contributed by atoms with Crippen molar-refractivity contribution >= 4 is 23.5 Å². The summed E-state index contributed by atoms with van der Waals surface area (Å²) in [5.41, 5.74) is -0.867. The molecule has 0 bridgehead atoms. The van der Waals surface area contributed by atoms with Gasteiger partial charge in [-0.05, 0) is 42.0 Å². The molecule has 140 valence electrons. The lowest BCUT2D eigenvalue weighted by Crippen LogP contribution is -2.28. The lowest BCUT2D eigenvalue weighted by Gasteiger charge is -2.15. The van der Waals surface area contributed by atoms with Gasteiger partial charge < -0.3 is 29.9 Å². The highest BCUT2D eigenvalue weighted by Gasteiger charge is 2.15. The predicted octanol–water partition coefficient (Wildman–Crippen LogP) is 1.46. The van der Waals surface area contributed by atoms with Crippen LogP contribution in [0.1, 0.15) is 31.1 Å². The van der Waals surface area contributed by atoms with Crippen LogP contribution in [0.25, 0.3) is 0 Å². The first-order valence-corrected chi connectivity index (χ1v) is 8.15. The lowest BCUT2D eigenvalue weighted by atomic mass is 10.0. The molecule has 0 aliphatic carbocycles. The largest absolute Gasteiger partial charge is 0.545 e. The van der Waals surface area contributed by atoms with Crippen LogP contribution in [0.2, 0.25) is 0 Å². The van der Waals surface area contributed by atoms with Gasteiger partial charge in [-0.1, -0.05) is 36.4 Å². The van der Waals surface area contributed by atoms with E-state index in [0.717, 1.165) is 18.2 Å². The van der Waals surface area contributed by atoms with Crippen molar-refractivity contribution in [1.29, 1.82) is 0 Å². The highest BCUT2D eigenvalue weighted by atomic mass is 16.5. The minimum atomic E-state index is -1.68. The molecule has 0 heterocycles. The van der Waals surface area contributed by atoms with Crippen LogP contribution in [0.5, 0.6) is 11.5 Å². The Hall–Kier alpha value is -4.13. The van der Waals surface area contributed by atoms with E-state index >= 15 is 0 Å². The van der Waals surface area contributed by atoms with Gasteiger partial charge >= 0.3 is 0 Å². The fourth-order valence-corrected chi connectivity index (χ4v) is 2.50. The average Bonchev–Trinajstić information content (AvgIpc) is 2.69. The van der Waals surface area contributed by atoms with Gasteiger partial charge in [0.15, 0.2) is 5.75 Å². The number of rotatable bonds is 6. The zero-order valence-corrected chi connectivity index (χ0v) is 14.4. The Labute approximate surface area is 159 Å². The zero-order valence-electron chi connectivity index (χ0n) is 14.4. The Morgan fingerprint density at radius 3 is 2.11 bits per heavy atom. The van der Waals surface area contributed by atoms with Crippen LogP contribution in [0.15, 0.2) is 72.8 Å². The predicted molar refractivity (Wildman–Crippen MR) is 96.0 cm³/mol. The molecule has 0 saturated carbocycles. The summed E-state index contributed by atoms with van der Waals surface area (Å²) in [6, 6.07) is 18.5. The molecule has 0 aromatic heterocycles. The number of hydrogen-bond donors (Lipinski definition) is 1. The Morgan fingerprint density at radius 1 is 0.750 bits per heavy atom. The van der Waals surface area contributed by atoms with Gasteiger partial charge in [0.2, 0.25) is 0 Å². The number of carbonyl (C=O) groups excluding carboxylic acids is 3. The smallest absolute Gasteiger partial charge is 0.256 e. The first-order chi connectivity index (χ1) is 13.5. The van der Waals surface area contributed by atoms with Gasteiger partial charge in [-0.25, -0.2) is 0 Å². The molecule has 0 radical (unpaired) electrons. The summed E-state index contributed by atoms with van der Waals surface area (Å²) in [5, 5.41) is 24.8. The topological polar surface area (TPSA) is 119 Å². The summed E-state index contributed by atoms with van der Waals surface area (Å²) in [5.74, 6) is -3.09. The summed E-state index contributed by atoms with van der Waals surface area (Å²) < 4.78 is 5.75. The summed E-state index contributed by atoms with van der Waals surface area (Å²) in [6.45, 7) is 0. The molecule has 0 saturated heterocycles. The molecule has 0 spiro atoms. The summed E-state index contributed by atoms with van der Waals surface area (Å²) >= 11 is 0. The molecule has 3 rings (SSSR count). The van der Waals surface area contributed by atoms with Gasteiger partial charge in [0.05, 0.1) is 17.6 Å². The Bertz CT molecular complexity index is 1050. The van der Waals surface area contributed by atoms with Crippen molar-refractivity contribution < 1.29 is 29.3 Å². The van der Waals surface area contributed by atoms with Gasteiger partial charge in [0, 0.05) is 11.1 Å². The number of carbonyl (C=O) groups is 3. The third-order valence-electron chi connectivity index (χ3n) is 3.83. The fraction of sp³-hybridized carbons (Fsp3) is 0. The fourth-order valence-electron chi connectivity index (χ4n) is 2.50. The molecule has 1 amide bonds. The molecule has 7 nitrogen and oxygen atoms in total. The maximum absolute atomic E-state index is 12.6. The second kappa shape index (κ2) is 8.05. The number of aromatic carboxylic acids is 2. The normalized spacial score (nSPS) is 10.1. The number of carboxylic acids is 2. The molecule has 3 aromatic rings. The minimum absolute atomic E-state index is 0.250. The molecule has 7 heteroatoms. The molecule has 28 heavy (non-hydrogen) atoms. The average molecular weight is 375 g/mol. The second-order valence-electron chi connectivity index (χ2n) is 5.70. The van der Waals surface area contributed by atoms with Crippen LogP contribution in [0, 0.1) is 0 Å². The molecule has 0 aliphatic rings. The third kappa shape index (κ3) is 4.16. The molecular formula is C21H13NO6-2. The van der Waals surface area contributed by atoms with E-state index in [0.29, 0.717) is 17.2 Å². The standard InChI is InChI=1S/C21H15NO6/c23-19(15-11-10-13(20(24)25)12-16(15)21(26)27)22-17-8-4-5-9-18(17)28-14-6-2-1-3-7-14/h1-12H,(H,22,23)(H,24,25)(H,26,27)/p-2. The molecule has 3 aromatic carbocycles. The van der Waals surface area contributed by atoms with Crippen molar-refractivity contribution in [1.82, 2.24) is 0 Å². The van der Waals surface area contributed by atoms with Crippen molar-refractivity contribution in [3.8, 4) is 11.5 Å².